The van der Waals surface area contributed by atoms with Crippen molar-refractivity contribution < 1.29 is 18.0 Å². The highest BCUT2D eigenvalue weighted by atomic mass is 32.2. The molecule has 1 N–H and O–H groups in total. The summed E-state index contributed by atoms with van der Waals surface area (Å²) in [5.41, 5.74) is 1.90. The van der Waals surface area contributed by atoms with E-state index in [1.165, 1.54) is 17.7 Å². The van der Waals surface area contributed by atoms with Crippen molar-refractivity contribution in [3.05, 3.63) is 87.6 Å². The van der Waals surface area contributed by atoms with Crippen molar-refractivity contribution in [1.82, 2.24) is 5.32 Å². The van der Waals surface area contributed by atoms with Gasteiger partial charge in [-0.1, -0.05) is 24.3 Å². The Morgan fingerprint density at radius 2 is 1.75 bits per heavy atom. The molecule has 0 aliphatic rings. The summed E-state index contributed by atoms with van der Waals surface area (Å²) < 4.78 is 37.8. The van der Waals surface area contributed by atoms with E-state index in [9.17, 15) is 18.0 Å². The lowest BCUT2D eigenvalue weighted by molar-refractivity contribution is -0.137. The summed E-state index contributed by atoms with van der Waals surface area (Å²) in [5, 5.41) is 6.96. The molecule has 0 unspecified atom stereocenters. The zero-order valence-electron chi connectivity index (χ0n) is 14.8. The van der Waals surface area contributed by atoms with Crippen LogP contribution in [0, 0.1) is 0 Å². The average Bonchev–Trinajstić information content (AvgIpc) is 3.20. The lowest BCUT2D eigenvalue weighted by atomic mass is 10.1. The highest BCUT2D eigenvalue weighted by Crippen LogP contribution is 2.29. The number of thiophene rings is 1. The number of carbonyl (C=O) groups excluding carboxylic acids is 1. The third-order valence-electron chi connectivity index (χ3n) is 4.09. The summed E-state index contributed by atoms with van der Waals surface area (Å²) in [4.78, 5) is 13.4. The van der Waals surface area contributed by atoms with Crippen LogP contribution in [0.25, 0.3) is 0 Å². The van der Waals surface area contributed by atoms with Gasteiger partial charge >= 0.3 is 6.18 Å². The molecule has 0 aliphatic carbocycles. The summed E-state index contributed by atoms with van der Waals surface area (Å²) in [7, 11) is 0. The van der Waals surface area contributed by atoms with Gasteiger partial charge in [0.15, 0.2) is 0 Å². The second kappa shape index (κ2) is 9.30. The van der Waals surface area contributed by atoms with Crippen LogP contribution in [0.4, 0.5) is 13.2 Å². The standard InChI is InChI=1S/C21H18F3NOS2/c22-21(23,24)17-7-5-15(6-8-17)9-11-25-20(26)18-3-1-2-4-19(18)28-14-16-10-12-27-13-16/h1-8,10,12-13H,9,11,14H2,(H,25,26). The zero-order valence-corrected chi connectivity index (χ0v) is 16.5. The van der Waals surface area contributed by atoms with Crippen LogP contribution in [0.2, 0.25) is 0 Å². The second-order valence-corrected chi connectivity index (χ2v) is 7.91. The van der Waals surface area contributed by atoms with Crippen molar-refractivity contribution in [1.29, 1.82) is 0 Å². The van der Waals surface area contributed by atoms with Crippen LogP contribution in [0.3, 0.4) is 0 Å². The number of rotatable bonds is 7. The van der Waals surface area contributed by atoms with Crippen molar-refractivity contribution in [2.45, 2.75) is 23.2 Å². The van der Waals surface area contributed by atoms with Crippen LogP contribution >= 0.6 is 23.1 Å². The van der Waals surface area contributed by atoms with E-state index in [0.29, 0.717) is 18.5 Å². The monoisotopic (exact) mass is 421 g/mol. The Balaban J connectivity index is 1.55. The van der Waals surface area contributed by atoms with Gasteiger partial charge in [-0.3, -0.25) is 4.79 Å². The fourth-order valence-electron chi connectivity index (χ4n) is 2.59. The van der Waals surface area contributed by atoms with Crippen molar-refractivity contribution in [3.8, 4) is 0 Å². The minimum Gasteiger partial charge on any atom is -0.352 e. The van der Waals surface area contributed by atoms with Gasteiger partial charge < -0.3 is 5.32 Å². The van der Waals surface area contributed by atoms with Gasteiger partial charge in [0.1, 0.15) is 0 Å². The van der Waals surface area contributed by atoms with Crippen molar-refractivity contribution in [3.63, 3.8) is 0 Å². The van der Waals surface area contributed by atoms with Gasteiger partial charge in [0.2, 0.25) is 0 Å². The Hall–Kier alpha value is -2.25. The number of benzene rings is 2. The van der Waals surface area contributed by atoms with Gasteiger partial charge in [0.05, 0.1) is 11.1 Å². The van der Waals surface area contributed by atoms with Crippen LogP contribution in [0.1, 0.15) is 27.0 Å². The molecule has 7 heteroatoms. The maximum absolute atomic E-state index is 12.6. The Morgan fingerprint density at radius 1 is 1.00 bits per heavy atom. The lowest BCUT2D eigenvalue weighted by Gasteiger charge is -2.10. The van der Waals surface area contributed by atoms with Gasteiger partial charge in [0.25, 0.3) is 5.91 Å². The molecule has 1 aromatic heterocycles. The van der Waals surface area contributed by atoms with E-state index < -0.39 is 11.7 Å². The van der Waals surface area contributed by atoms with Crippen molar-refractivity contribution in [2.75, 3.05) is 6.54 Å². The predicted molar refractivity (Wildman–Crippen MR) is 108 cm³/mol. The highest BCUT2D eigenvalue weighted by Gasteiger charge is 2.29. The molecule has 0 aliphatic heterocycles. The van der Waals surface area contributed by atoms with Crippen LogP contribution in [-0.2, 0) is 18.3 Å². The number of halogens is 3. The first-order valence-corrected chi connectivity index (χ1v) is 10.5. The molecule has 0 saturated heterocycles. The molecule has 0 fully saturated rings. The van der Waals surface area contributed by atoms with E-state index in [1.54, 1.807) is 29.2 Å². The Kier molecular flexibility index (Phi) is 6.80. The number of hydrogen-bond donors (Lipinski definition) is 1. The van der Waals surface area contributed by atoms with E-state index in [4.69, 9.17) is 0 Å². The van der Waals surface area contributed by atoms with Gasteiger partial charge in [0, 0.05) is 17.2 Å². The second-order valence-electron chi connectivity index (χ2n) is 6.12. The van der Waals surface area contributed by atoms with Gasteiger partial charge in [-0.25, -0.2) is 0 Å². The predicted octanol–water partition coefficient (Wildman–Crippen LogP) is 6.03. The summed E-state index contributed by atoms with van der Waals surface area (Å²) in [6, 6.07) is 14.5. The minimum absolute atomic E-state index is 0.180. The number of hydrogen-bond acceptors (Lipinski definition) is 3. The largest absolute Gasteiger partial charge is 0.416 e. The van der Waals surface area contributed by atoms with E-state index in [0.717, 1.165) is 28.3 Å². The third-order valence-corrected chi connectivity index (χ3v) is 5.96. The first-order chi connectivity index (χ1) is 13.4. The zero-order chi connectivity index (χ0) is 20.0. The molecule has 2 nitrogen and oxygen atoms in total. The normalized spacial score (nSPS) is 11.4. The van der Waals surface area contributed by atoms with E-state index in [2.05, 4.69) is 16.8 Å². The highest BCUT2D eigenvalue weighted by molar-refractivity contribution is 7.98. The number of amides is 1. The molecular formula is C21H18F3NOS2. The van der Waals surface area contributed by atoms with Gasteiger partial charge in [-0.15, -0.1) is 11.8 Å². The molecule has 0 saturated carbocycles. The Bertz CT molecular complexity index is 906. The number of thioether (sulfide) groups is 1. The van der Waals surface area contributed by atoms with Crippen LogP contribution in [-0.4, -0.2) is 12.5 Å². The van der Waals surface area contributed by atoms with Crippen LogP contribution in [0.5, 0.6) is 0 Å². The fourth-order valence-corrected chi connectivity index (χ4v) is 4.36. The Labute approximate surface area is 169 Å². The maximum atomic E-state index is 12.6. The summed E-state index contributed by atoms with van der Waals surface area (Å²) in [6.07, 6.45) is -3.87. The van der Waals surface area contributed by atoms with Crippen LogP contribution < -0.4 is 5.32 Å². The van der Waals surface area contributed by atoms with Gasteiger partial charge in [-0.05, 0) is 58.6 Å². The molecule has 2 aromatic carbocycles. The molecule has 3 aromatic rings. The fraction of sp³-hybridized carbons (Fsp3) is 0.190. The molecular weight excluding hydrogens is 403 g/mol. The molecule has 3 rings (SSSR count). The topological polar surface area (TPSA) is 29.1 Å². The van der Waals surface area contributed by atoms with Crippen molar-refractivity contribution >= 4 is 29.0 Å². The van der Waals surface area contributed by atoms with E-state index >= 15 is 0 Å². The number of nitrogens with one attached hydrogen (secondary N) is 1. The molecule has 0 bridgehead atoms. The smallest absolute Gasteiger partial charge is 0.352 e. The maximum Gasteiger partial charge on any atom is 0.416 e. The molecule has 28 heavy (non-hydrogen) atoms. The van der Waals surface area contributed by atoms with Crippen LogP contribution in [0.15, 0.2) is 70.3 Å². The summed E-state index contributed by atoms with van der Waals surface area (Å²) in [5.74, 6) is 0.611. The van der Waals surface area contributed by atoms with E-state index in [1.807, 2.05) is 23.6 Å². The average molecular weight is 422 g/mol. The summed E-state index contributed by atoms with van der Waals surface area (Å²) >= 11 is 3.25. The number of carbonyl (C=O) groups is 1. The molecule has 0 spiro atoms. The molecule has 0 atom stereocenters. The first kappa shape index (κ1) is 20.5. The first-order valence-electron chi connectivity index (χ1n) is 8.61. The van der Waals surface area contributed by atoms with E-state index in [-0.39, 0.29) is 5.91 Å². The minimum atomic E-state index is -4.34. The molecule has 0 radical (unpaired) electrons. The quantitative estimate of drug-likeness (QED) is 0.472. The molecule has 1 heterocycles. The summed E-state index contributed by atoms with van der Waals surface area (Å²) in [6.45, 7) is 0.355. The lowest BCUT2D eigenvalue weighted by Crippen LogP contribution is -2.26. The van der Waals surface area contributed by atoms with Crippen molar-refractivity contribution in [2.24, 2.45) is 0 Å². The molecule has 146 valence electrons. The van der Waals surface area contributed by atoms with Gasteiger partial charge in [-0.2, -0.15) is 24.5 Å². The Morgan fingerprint density at radius 3 is 2.43 bits per heavy atom. The number of alkyl halides is 3. The SMILES string of the molecule is O=C(NCCc1ccc(C(F)(F)F)cc1)c1ccccc1SCc1ccsc1. The third kappa shape index (κ3) is 5.62. The molecule has 1 amide bonds.